The van der Waals surface area contributed by atoms with Gasteiger partial charge in [-0.2, -0.15) is 0 Å². The number of nitrogens with zero attached hydrogens (tertiary/aromatic N) is 1. The molecule has 4 nitrogen and oxygen atoms in total. The van der Waals surface area contributed by atoms with Crippen LogP contribution in [0, 0.1) is 21.7 Å². The van der Waals surface area contributed by atoms with Gasteiger partial charge in [-0.25, -0.2) is 8.78 Å². The van der Waals surface area contributed by atoms with Crippen LogP contribution in [-0.4, -0.2) is 4.92 Å². The van der Waals surface area contributed by atoms with E-state index in [1.807, 2.05) is 0 Å². The molecule has 0 amide bonds. The third-order valence-electron chi connectivity index (χ3n) is 2.90. The zero-order valence-electron chi connectivity index (χ0n) is 10.6. The maximum atomic E-state index is 13.7. The normalized spacial score (nSPS) is 11.9. The van der Waals surface area contributed by atoms with Crippen molar-refractivity contribution in [3.63, 3.8) is 0 Å². The fourth-order valence-corrected chi connectivity index (χ4v) is 1.88. The van der Waals surface area contributed by atoms with Gasteiger partial charge in [0.15, 0.2) is 5.82 Å². The lowest BCUT2D eigenvalue weighted by Gasteiger charge is -2.16. The average Bonchev–Trinajstić information content (AvgIpc) is 2.40. The molecule has 20 heavy (non-hydrogen) atoms. The summed E-state index contributed by atoms with van der Waals surface area (Å²) < 4.78 is 26.9. The number of nitrogens with one attached hydrogen (secondary N) is 1. The quantitative estimate of drug-likeness (QED) is 0.678. The van der Waals surface area contributed by atoms with Gasteiger partial charge < -0.3 is 5.32 Å². The van der Waals surface area contributed by atoms with E-state index < -0.39 is 22.6 Å². The highest BCUT2D eigenvalue weighted by Crippen LogP contribution is 2.30. The molecular formula is C14H12F2N2O2. The Hall–Kier alpha value is -2.50. The minimum absolute atomic E-state index is 0.200. The first-order valence-corrected chi connectivity index (χ1v) is 5.94. The highest BCUT2D eigenvalue weighted by molar-refractivity contribution is 5.63. The molecule has 0 aliphatic rings. The van der Waals surface area contributed by atoms with E-state index in [4.69, 9.17) is 0 Å². The molecule has 0 saturated heterocycles. The molecule has 2 aromatic rings. The van der Waals surface area contributed by atoms with Gasteiger partial charge in [0.2, 0.25) is 0 Å². The number of para-hydroxylation sites is 1. The second kappa shape index (κ2) is 5.64. The summed E-state index contributed by atoms with van der Waals surface area (Å²) in [6.07, 6.45) is 0. The van der Waals surface area contributed by atoms with Gasteiger partial charge in [-0.15, -0.1) is 0 Å². The van der Waals surface area contributed by atoms with Gasteiger partial charge in [0.25, 0.3) is 5.69 Å². The Balaban J connectivity index is 2.32. The van der Waals surface area contributed by atoms with Gasteiger partial charge in [0, 0.05) is 12.1 Å². The van der Waals surface area contributed by atoms with Crippen LogP contribution in [0.2, 0.25) is 0 Å². The summed E-state index contributed by atoms with van der Waals surface area (Å²) in [6.45, 7) is 1.67. The van der Waals surface area contributed by atoms with Crippen molar-refractivity contribution in [2.45, 2.75) is 13.0 Å². The van der Waals surface area contributed by atoms with E-state index in [1.165, 1.54) is 30.3 Å². The van der Waals surface area contributed by atoms with E-state index >= 15 is 0 Å². The predicted octanol–water partition coefficient (Wildman–Crippen LogP) is 4.05. The Morgan fingerprint density at radius 2 is 1.90 bits per heavy atom. The molecule has 2 rings (SSSR count). The molecule has 0 aliphatic heterocycles. The minimum atomic E-state index is -0.720. The Labute approximate surface area is 114 Å². The smallest absolute Gasteiger partial charge is 0.295 e. The van der Waals surface area contributed by atoms with Crippen LogP contribution in [-0.2, 0) is 0 Å². The zero-order valence-corrected chi connectivity index (χ0v) is 10.6. The first-order valence-electron chi connectivity index (χ1n) is 5.94. The summed E-state index contributed by atoms with van der Waals surface area (Å²) in [5.41, 5.74) is 0.0186. The van der Waals surface area contributed by atoms with Crippen LogP contribution in [0.5, 0.6) is 0 Å². The second-order valence-electron chi connectivity index (χ2n) is 4.31. The van der Waals surface area contributed by atoms with Crippen molar-refractivity contribution in [2.24, 2.45) is 0 Å². The average molecular weight is 278 g/mol. The number of halogens is 2. The number of benzene rings is 2. The molecule has 6 heteroatoms. The molecule has 1 N–H and O–H groups in total. The summed E-state index contributed by atoms with van der Waals surface area (Å²) in [6, 6.07) is 8.92. The summed E-state index contributed by atoms with van der Waals surface area (Å²) in [7, 11) is 0. The Morgan fingerprint density at radius 3 is 2.55 bits per heavy atom. The number of anilines is 1. The highest BCUT2D eigenvalue weighted by Gasteiger charge is 2.19. The summed E-state index contributed by atoms with van der Waals surface area (Å²) >= 11 is 0. The molecule has 0 radical (unpaired) electrons. The van der Waals surface area contributed by atoms with E-state index in [-0.39, 0.29) is 11.4 Å². The highest BCUT2D eigenvalue weighted by atomic mass is 19.1. The minimum Gasteiger partial charge on any atom is -0.371 e. The van der Waals surface area contributed by atoms with Gasteiger partial charge in [-0.1, -0.05) is 18.2 Å². The summed E-state index contributed by atoms with van der Waals surface area (Å²) in [4.78, 5) is 10.2. The topological polar surface area (TPSA) is 55.2 Å². The van der Waals surface area contributed by atoms with Crippen LogP contribution in [0.15, 0.2) is 42.5 Å². The van der Waals surface area contributed by atoms with Crippen molar-refractivity contribution in [1.82, 2.24) is 0 Å². The first kappa shape index (κ1) is 13.9. The fraction of sp³-hybridized carbons (Fsp3) is 0.143. The van der Waals surface area contributed by atoms with Crippen LogP contribution >= 0.6 is 0 Å². The van der Waals surface area contributed by atoms with Crippen LogP contribution in [0.1, 0.15) is 18.5 Å². The molecule has 0 heterocycles. The van der Waals surface area contributed by atoms with Crippen molar-refractivity contribution in [2.75, 3.05) is 5.32 Å². The molecule has 104 valence electrons. The number of nitro benzene ring substituents is 1. The number of hydrogen-bond donors (Lipinski definition) is 1. The molecule has 2 aromatic carbocycles. The lowest BCUT2D eigenvalue weighted by atomic mass is 10.1. The molecule has 1 atom stereocenters. The van der Waals surface area contributed by atoms with Crippen molar-refractivity contribution < 1.29 is 13.7 Å². The predicted molar refractivity (Wildman–Crippen MR) is 71.5 cm³/mol. The Bertz CT molecular complexity index is 647. The number of rotatable bonds is 4. The molecule has 0 aromatic heterocycles. The van der Waals surface area contributed by atoms with Gasteiger partial charge in [0.05, 0.1) is 4.92 Å². The van der Waals surface area contributed by atoms with E-state index in [2.05, 4.69) is 5.32 Å². The molecule has 0 saturated carbocycles. The van der Waals surface area contributed by atoms with Crippen LogP contribution in [0.25, 0.3) is 0 Å². The maximum Gasteiger partial charge on any atom is 0.295 e. The van der Waals surface area contributed by atoms with E-state index in [9.17, 15) is 18.9 Å². The van der Waals surface area contributed by atoms with Crippen molar-refractivity contribution in [3.8, 4) is 0 Å². The van der Waals surface area contributed by atoms with Crippen LogP contribution < -0.4 is 5.32 Å². The maximum absolute atomic E-state index is 13.7. The Kier molecular flexibility index (Phi) is 3.93. The molecule has 1 unspecified atom stereocenters. The van der Waals surface area contributed by atoms with E-state index in [0.717, 1.165) is 6.07 Å². The standard InChI is InChI=1S/C14H12F2N2O2/c1-9(10-4-2-5-11(15)8-10)17-14-12(16)6-3-7-13(14)18(19)20/h2-9,17H,1H3. The summed E-state index contributed by atoms with van der Waals surface area (Å²) in [5, 5.41) is 13.6. The summed E-state index contributed by atoms with van der Waals surface area (Å²) in [5.74, 6) is -1.14. The third-order valence-corrected chi connectivity index (χ3v) is 2.90. The fourth-order valence-electron chi connectivity index (χ4n) is 1.88. The van der Waals surface area contributed by atoms with E-state index in [0.29, 0.717) is 5.56 Å². The lowest BCUT2D eigenvalue weighted by Crippen LogP contribution is -2.10. The molecule has 0 fully saturated rings. The molecular weight excluding hydrogens is 266 g/mol. The first-order chi connectivity index (χ1) is 9.49. The third kappa shape index (κ3) is 2.90. The van der Waals surface area contributed by atoms with Crippen molar-refractivity contribution >= 4 is 11.4 Å². The Morgan fingerprint density at radius 1 is 1.20 bits per heavy atom. The lowest BCUT2D eigenvalue weighted by molar-refractivity contribution is -0.384. The van der Waals surface area contributed by atoms with Crippen LogP contribution in [0.3, 0.4) is 0 Å². The van der Waals surface area contributed by atoms with Crippen molar-refractivity contribution in [1.29, 1.82) is 0 Å². The van der Waals surface area contributed by atoms with Crippen LogP contribution in [0.4, 0.5) is 20.2 Å². The van der Waals surface area contributed by atoms with E-state index in [1.54, 1.807) is 13.0 Å². The zero-order chi connectivity index (χ0) is 14.7. The van der Waals surface area contributed by atoms with Gasteiger partial charge in [-0.3, -0.25) is 10.1 Å². The second-order valence-corrected chi connectivity index (χ2v) is 4.31. The monoisotopic (exact) mass is 278 g/mol. The molecule has 0 bridgehead atoms. The van der Waals surface area contributed by atoms with Crippen molar-refractivity contribution in [3.05, 3.63) is 69.8 Å². The van der Waals surface area contributed by atoms with Gasteiger partial charge in [-0.05, 0) is 30.7 Å². The largest absolute Gasteiger partial charge is 0.371 e. The number of nitro groups is 1. The number of hydrogen-bond acceptors (Lipinski definition) is 3. The van der Waals surface area contributed by atoms with Gasteiger partial charge >= 0.3 is 0 Å². The molecule has 0 aliphatic carbocycles. The SMILES string of the molecule is CC(Nc1c(F)cccc1[N+](=O)[O-])c1cccc(F)c1. The van der Waals surface area contributed by atoms with Gasteiger partial charge in [0.1, 0.15) is 11.5 Å². The molecule has 0 spiro atoms.